The van der Waals surface area contributed by atoms with E-state index in [1.54, 1.807) is 12.1 Å². The van der Waals surface area contributed by atoms with Gasteiger partial charge in [0.1, 0.15) is 11.4 Å². The zero-order valence-electron chi connectivity index (χ0n) is 12.6. The van der Waals surface area contributed by atoms with E-state index in [-0.39, 0.29) is 36.5 Å². The molecule has 9 heteroatoms. The topological polar surface area (TPSA) is 119 Å². The monoisotopic (exact) mass is 349 g/mol. The molecule has 2 atom stereocenters. The van der Waals surface area contributed by atoms with Crippen LogP contribution in [0.1, 0.15) is 28.8 Å². The fraction of sp³-hybridized carbons (Fsp3) is 0.267. The summed E-state index contributed by atoms with van der Waals surface area (Å²) in [6, 6.07) is 4.06. The second-order valence-electron chi connectivity index (χ2n) is 5.55. The molecular weight excluding hydrogens is 334 g/mol. The van der Waals surface area contributed by atoms with Crippen LogP contribution >= 0.6 is 0 Å². The number of sulfonamides is 1. The van der Waals surface area contributed by atoms with Crippen molar-refractivity contribution in [1.82, 2.24) is 10.2 Å². The molecular formula is C15H15N3O5S. The minimum atomic E-state index is -3.76. The van der Waals surface area contributed by atoms with Gasteiger partial charge in [0.15, 0.2) is 10.4 Å². The van der Waals surface area contributed by atoms with Gasteiger partial charge in [-0.3, -0.25) is 19.7 Å². The van der Waals surface area contributed by atoms with Crippen LogP contribution in [0.15, 0.2) is 30.2 Å². The zero-order chi connectivity index (χ0) is 17.5. The van der Waals surface area contributed by atoms with Crippen molar-refractivity contribution in [2.45, 2.75) is 25.4 Å². The second-order valence-corrected chi connectivity index (χ2v) is 7.18. The molecule has 2 aliphatic rings. The largest absolute Gasteiger partial charge is 0.589 e. The first kappa shape index (κ1) is 16.3. The lowest BCUT2D eigenvalue weighted by atomic mass is 10.0. The van der Waals surface area contributed by atoms with Crippen LogP contribution in [0.4, 0.5) is 5.69 Å². The van der Waals surface area contributed by atoms with Gasteiger partial charge in [-0.2, -0.15) is 0 Å². The van der Waals surface area contributed by atoms with Crippen molar-refractivity contribution in [3.8, 4) is 0 Å². The Balaban J connectivity index is 1.91. The van der Waals surface area contributed by atoms with E-state index in [1.807, 2.05) is 0 Å². The number of carbonyl (C=O) groups excluding carboxylic acids is 3. The highest BCUT2D eigenvalue weighted by Gasteiger charge is 2.40. The Bertz CT molecular complexity index is 806. The van der Waals surface area contributed by atoms with Crippen LogP contribution in [0.5, 0.6) is 0 Å². The number of hydrogen-bond donors (Lipinski definition) is 2. The van der Waals surface area contributed by atoms with Crippen LogP contribution in [0.2, 0.25) is 0 Å². The van der Waals surface area contributed by atoms with Crippen molar-refractivity contribution in [2.75, 3.05) is 4.72 Å². The van der Waals surface area contributed by atoms with Gasteiger partial charge < -0.3 is 9.45 Å². The number of rotatable bonds is 4. The number of piperidine rings is 1. The molecule has 3 amide bonds. The highest BCUT2D eigenvalue weighted by atomic mass is 32.3. The summed E-state index contributed by atoms with van der Waals surface area (Å²) in [6.45, 7) is 3.40. The summed E-state index contributed by atoms with van der Waals surface area (Å²) >= 11 is 0. The number of carbonyl (C=O) groups is 3. The molecule has 3 rings (SSSR count). The number of anilines is 1. The van der Waals surface area contributed by atoms with Gasteiger partial charge in [0.25, 0.3) is 5.91 Å². The Morgan fingerprint density at radius 3 is 2.79 bits per heavy atom. The molecule has 2 unspecified atom stereocenters. The Morgan fingerprint density at radius 1 is 1.38 bits per heavy atom. The van der Waals surface area contributed by atoms with Crippen molar-refractivity contribution in [1.29, 1.82) is 0 Å². The fourth-order valence-corrected chi connectivity index (χ4v) is 3.45. The van der Waals surface area contributed by atoms with E-state index >= 15 is 0 Å². The molecule has 0 bridgehead atoms. The summed E-state index contributed by atoms with van der Waals surface area (Å²) in [5.74, 6) is -1.32. The molecule has 0 aliphatic carbocycles. The molecule has 0 saturated carbocycles. The maximum absolute atomic E-state index is 12.7. The molecule has 0 aromatic heterocycles. The smallest absolute Gasteiger partial charge is 0.257 e. The third kappa shape index (κ3) is 2.83. The first-order chi connectivity index (χ1) is 11.3. The van der Waals surface area contributed by atoms with E-state index in [9.17, 15) is 23.1 Å². The number of fused-ring (bicyclic) bond motifs is 1. The average Bonchev–Trinajstić information content (AvgIpc) is 2.85. The van der Waals surface area contributed by atoms with Crippen LogP contribution in [-0.4, -0.2) is 33.2 Å². The van der Waals surface area contributed by atoms with E-state index in [4.69, 9.17) is 0 Å². The summed E-state index contributed by atoms with van der Waals surface area (Å²) in [6.07, 6.45) is 0.407. The summed E-state index contributed by atoms with van der Waals surface area (Å²) < 4.78 is 25.7. The molecule has 2 N–H and O–H groups in total. The number of amides is 3. The van der Waals surface area contributed by atoms with Crippen molar-refractivity contribution in [3.63, 3.8) is 0 Å². The minimum Gasteiger partial charge on any atom is -0.589 e. The molecule has 1 aromatic rings. The van der Waals surface area contributed by atoms with Crippen molar-refractivity contribution in [2.24, 2.45) is 0 Å². The highest BCUT2D eigenvalue weighted by molar-refractivity contribution is 8.01. The molecule has 2 heterocycles. The van der Waals surface area contributed by atoms with Crippen LogP contribution in [0.3, 0.4) is 0 Å². The first-order valence-corrected chi connectivity index (χ1v) is 8.79. The van der Waals surface area contributed by atoms with Gasteiger partial charge in [-0.15, -0.1) is 0 Å². The lowest BCUT2D eigenvalue weighted by molar-refractivity contribution is -0.136. The lowest BCUT2D eigenvalue weighted by Gasteiger charge is -2.29. The Kier molecular flexibility index (Phi) is 3.98. The minimum absolute atomic E-state index is 0.146. The SMILES string of the molecule is C=C[S+](=O)([O-])Nc1cccc2c1C(=O)N(C1CCC(=O)NC1=O)C2. The van der Waals surface area contributed by atoms with E-state index in [1.165, 1.54) is 11.0 Å². The summed E-state index contributed by atoms with van der Waals surface area (Å²) in [4.78, 5) is 37.3. The van der Waals surface area contributed by atoms with Gasteiger partial charge in [0, 0.05) is 13.0 Å². The Morgan fingerprint density at radius 2 is 2.12 bits per heavy atom. The van der Waals surface area contributed by atoms with E-state index < -0.39 is 28.3 Å². The number of nitrogens with one attached hydrogen (secondary N) is 2. The lowest BCUT2D eigenvalue weighted by Crippen LogP contribution is -2.52. The predicted octanol–water partition coefficient (Wildman–Crippen LogP) is 0.548. The fourth-order valence-electron chi connectivity index (χ4n) is 2.89. The van der Waals surface area contributed by atoms with Crippen molar-refractivity contribution < 1.29 is 23.1 Å². The number of hydrogen-bond acceptors (Lipinski definition) is 5. The van der Waals surface area contributed by atoms with Gasteiger partial charge >= 0.3 is 0 Å². The molecule has 24 heavy (non-hydrogen) atoms. The van der Waals surface area contributed by atoms with Crippen LogP contribution in [0.25, 0.3) is 0 Å². The normalized spacial score (nSPS) is 22.6. The van der Waals surface area contributed by atoms with Crippen LogP contribution in [-0.2, 0) is 30.7 Å². The molecule has 1 fully saturated rings. The van der Waals surface area contributed by atoms with Gasteiger partial charge in [0.05, 0.1) is 11.3 Å². The molecule has 1 aromatic carbocycles. The molecule has 1 saturated heterocycles. The number of imide groups is 1. The van der Waals surface area contributed by atoms with E-state index in [2.05, 4.69) is 16.6 Å². The Hall–Kier alpha value is -2.52. The number of nitrogens with zero attached hydrogens (tertiary/aromatic N) is 1. The third-order valence-corrected chi connectivity index (χ3v) is 4.97. The molecule has 0 spiro atoms. The quantitative estimate of drug-likeness (QED) is 0.608. The maximum atomic E-state index is 12.7. The summed E-state index contributed by atoms with van der Waals surface area (Å²) in [7, 11) is -3.76. The molecule has 2 aliphatic heterocycles. The average molecular weight is 349 g/mol. The predicted molar refractivity (Wildman–Crippen MR) is 85.1 cm³/mol. The summed E-state index contributed by atoms with van der Waals surface area (Å²) in [5, 5.41) is 2.97. The van der Waals surface area contributed by atoms with Gasteiger partial charge in [-0.05, 0) is 24.6 Å². The molecule has 126 valence electrons. The zero-order valence-corrected chi connectivity index (χ0v) is 13.4. The number of benzene rings is 1. The van der Waals surface area contributed by atoms with E-state index in [0.29, 0.717) is 5.56 Å². The van der Waals surface area contributed by atoms with Crippen molar-refractivity contribution in [3.05, 3.63) is 41.3 Å². The van der Waals surface area contributed by atoms with Crippen LogP contribution < -0.4 is 10.0 Å². The first-order valence-electron chi connectivity index (χ1n) is 7.24. The highest BCUT2D eigenvalue weighted by Crippen LogP contribution is 2.33. The Labute approximate surface area is 139 Å². The standard InChI is InChI=1S/C15H15N3O5S/c1-2-24(22,23)17-10-5-3-4-9-8-18(15(21)13(9)10)11-6-7-12(19)16-14(11)20/h2-5,11H,1,6-8H2,(H2-,16,17,19,20,21,22,23). The molecule has 8 nitrogen and oxygen atoms in total. The van der Waals surface area contributed by atoms with Gasteiger partial charge in [-0.1, -0.05) is 16.3 Å². The van der Waals surface area contributed by atoms with Crippen LogP contribution in [0, 0.1) is 0 Å². The molecule has 0 radical (unpaired) electrons. The second kappa shape index (κ2) is 5.84. The third-order valence-electron chi connectivity index (χ3n) is 4.02. The van der Waals surface area contributed by atoms with Gasteiger partial charge in [-0.25, -0.2) is 4.72 Å². The maximum Gasteiger partial charge on any atom is 0.257 e. The van der Waals surface area contributed by atoms with Crippen molar-refractivity contribution >= 4 is 33.8 Å². The van der Waals surface area contributed by atoms with E-state index in [0.717, 1.165) is 5.41 Å². The summed E-state index contributed by atoms with van der Waals surface area (Å²) in [5.41, 5.74) is 0.980. The van der Waals surface area contributed by atoms with Gasteiger partial charge in [0.2, 0.25) is 11.8 Å².